The summed E-state index contributed by atoms with van der Waals surface area (Å²) in [5.41, 5.74) is 6.47. The van der Waals surface area contributed by atoms with Gasteiger partial charge in [-0.25, -0.2) is 0 Å². The van der Waals surface area contributed by atoms with Crippen molar-refractivity contribution in [3.8, 4) is 0 Å². The lowest BCUT2D eigenvalue weighted by Gasteiger charge is -2.16. The van der Waals surface area contributed by atoms with Gasteiger partial charge in [-0.3, -0.25) is 4.99 Å². The van der Waals surface area contributed by atoms with Crippen molar-refractivity contribution in [2.24, 2.45) is 4.99 Å². The first-order valence-electron chi connectivity index (χ1n) is 7.79. The summed E-state index contributed by atoms with van der Waals surface area (Å²) in [5.74, 6) is 0. The van der Waals surface area contributed by atoms with E-state index in [0.717, 1.165) is 22.4 Å². The van der Waals surface area contributed by atoms with Gasteiger partial charge in [0.15, 0.2) is 0 Å². The fourth-order valence-corrected chi connectivity index (χ4v) is 3.02. The topological polar surface area (TPSA) is 12.4 Å². The lowest BCUT2D eigenvalue weighted by molar-refractivity contribution is 1.46. The van der Waals surface area contributed by atoms with Gasteiger partial charge in [0.1, 0.15) is 0 Å². The minimum Gasteiger partial charge on any atom is -0.264 e. The van der Waals surface area contributed by atoms with Gasteiger partial charge in [0.05, 0.1) is 5.69 Å². The first-order chi connectivity index (χ1) is 11.7. The normalized spacial score (nSPS) is 11.8. The summed E-state index contributed by atoms with van der Waals surface area (Å²) in [4.78, 5) is 4.19. The van der Waals surface area contributed by atoms with Crippen LogP contribution >= 0.6 is 11.6 Å². The number of halogens is 1. The highest BCUT2D eigenvalue weighted by Gasteiger charge is 2.14. The molecule has 0 bridgehead atoms. The van der Waals surface area contributed by atoms with Crippen LogP contribution in [0.2, 0.25) is 5.02 Å². The Balaban J connectivity index is 2.31. The van der Waals surface area contributed by atoms with E-state index in [2.05, 4.69) is 55.0 Å². The molecule has 24 heavy (non-hydrogen) atoms. The highest BCUT2D eigenvalue weighted by atomic mass is 35.5. The predicted octanol–water partition coefficient (Wildman–Crippen LogP) is 6.65. The van der Waals surface area contributed by atoms with Crippen molar-refractivity contribution < 1.29 is 0 Å². The van der Waals surface area contributed by atoms with Gasteiger partial charge in [0.25, 0.3) is 0 Å². The van der Waals surface area contributed by atoms with Crippen LogP contribution in [0.5, 0.6) is 0 Å². The number of hydrogen-bond acceptors (Lipinski definition) is 1. The van der Waals surface area contributed by atoms with E-state index in [4.69, 9.17) is 11.6 Å². The fraction of sp³-hybridized carbons (Fsp3) is 0.0455. The van der Waals surface area contributed by atoms with Crippen LogP contribution in [0.15, 0.2) is 83.9 Å². The molecule has 3 aromatic carbocycles. The molecule has 0 unspecified atom stereocenters. The number of rotatable bonds is 4. The summed E-state index contributed by atoms with van der Waals surface area (Å²) in [5, 5.41) is 0.658. The van der Waals surface area contributed by atoms with Crippen LogP contribution in [0.4, 0.5) is 5.69 Å². The Bertz CT molecular complexity index is 880. The van der Waals surface area contributed by atoms with Crippen LogP contribution < -0.4 is 0 Å². The molecule has 0 fully saturated rings. The Morgan fingerprint density at radius 2 is 1.42 bits per heavy atom. The first-order valence-corrected chi connectivity index (χ1v) is 8.17. The number of allylic oxidation sites excluding steroid dienone is 1. The molecule has 0 saturated heterocycles. The van der Waals surface area contributed by atoms with Crippen molar-refractivity contribution in [3.05, 3.63) is 101 Å². The molecule has 3 aromatic rings. The molecule has 0 amide bonds. The molecular formula is C22H18ClN. The third-order valence-electron chi connectivity index (χ3n) is 4.04. The van der Waals surface area contributed by atoms with Crippen LogP contribution in [0.1, 0.15) is 23.6 Å². The second kappa shape index (κ2) is 7.29. The van der Waals surface area contributed by atoms with E-state index in [1.807, 2.05) is 42.5 Å². The molecule has 118 valence electrons. The van der Waals surface area contributed by atoms with Gasteiger partial charge >= 0.3 is 0 Å². The molecule has 0 aliphatic rings. The standard InChI is InChI=1S/C22H18ClN/c1-16(17-9-5-3-6-10-17)22(18-11-7-4-8-12-18)20-14-13-19(23)15-21(20)24-2/h3-15H,2H2,1H3/b22-16+. The summed E-state index contributed by atoms with van der Waals surface area (Å²) in [7, 11) is 0. The highest BCUT2D eigenvalue weighted by Crippen LogP contribution is 2.37. The predicted molar refractivity (Wildman–Crippen MR) is 105 cm³/mol. The Hall–Kier alpha value is -2.64. The van der Waals surface area contributed by atoms with Gasteiger partial charge in [-0.05, 0) is 48.0 Å². The molecule has 0 aromatic heterocycles. The maximum atomic E-state index is 6.14. The van der Waals surface area contributed by atoms with Crippen molar-refractivity contribution >= 4 is 35.2 Å². The lowest BCUT2D eigenvalue weighted by Crippen LogP contribution is -1.93. The number of benzene rings is 3. The minimum atomic E-state index is 0.658. The van der Waals surface area contributed by atoms with Gasteiger partial charge in [-0.15, -0.1) is 0 Å². The Morgan fingerprint density at radius 3 is 2.00 bits per heavy atom. The van der Waals surface area contributed by atoms with Crippen molar-refractivity contribution in [1.29, 1.82) is 0 Å². The Morgan fingerprint density at radius 1 is 0.833 bits per heavy atom. The molecule has 0 heterocycles. The summed E-state index contributed by atoms with van der Waals surface area (Å²) in [6.45, 7) is 5.85. The smallest absolute Gasteiger partial charge is 0.0715 e. The van der Waals surface area contributed by atoms with Crippen LogP contribution in [0, 0.1) is 0 Å². The van der Waals surface area contributed by atoms with Crippen molar-refractivity contribution in [2.75, 3.05) is 0 Å². The van der Waals surface area contributed by atoms with Gasteiger partial charge in [-0.1, -0.05) is 78.3 Å². The minimum absolute atomic E-state index is 0.658. The molecular weight excluding hydrogens is 314 g/mol. The molecule has 0 radical (unpaired) electrons. The average Bonchev–Trinajstić information content (AvgIpc) is 2.64. The zero-order chi connectivity index (χ0) is 16.9. The Kier molecular flexibility index (Phi) is 4.93. The van der Waals surface area contributed by atoms with Crippen molar-refractivity contribution in [1.82, 2.24) is 0 Å². The zero-order valence-electron chi connectivity index (χ0n) is 13.5. The summed E-state index contributed by atoms with van der Waals surface area (Å²) in [6.07, 6.45) is 0. The highest BCUT2D eigenvalue weighted by molar-refractivity contribution is 6.31. The summed E-state index contributed by atoms with van der Waals surface area (Å²) >= 11 is 6.14. The third kappa shape index (κ3) is 3.32. The quantitative estimate of drug-likeness (QED) is 0.375. The molecule has 1 nitrogen and oxygen atoms in total. The monoisotopic (exact) mass is 331 g/mol. The summed E-state index contributed by atoms with van der Waals surface area (Å²) in [6, 6.07) is 26.5. The molecule has 0 N–H and O–H groups in total. The van der Waals surface area contributed by atoms with E-state index in [-0.39, 0.29) is 0 Å². The lowest BCUT2D eigenvalue weighted by atomic mass is 9.89. The van der Waals surface area contributed by atoms with Crippen molar-refractivity contribution in [2.45, 2.75) is 6.92 Å². The van der Waals surface area contributed by atoms with E-state index >= 15 is 0 Å². The largest absolute Gasteiger partial charge is 0.264 e. The Labute approximate surface area is 148 Å². The first kappa shape index (κ1) is 16.2. The number of nitrogens with zero attached hydrogens (tertiary/aromatic N) is 1. The number of aliphatic imine (C=N–C) groups is 1. The van der Waals surface area contributed by atoms with E-state index in [9.17, 15) is 0 Å². The maximum Gasteiger partial charge on any atom is 0.0715 e. The van der Waals surface area contributed by atoms with Gasteiger partial charge in [0.2, 0.25) is 0 Å². The zero-order valence-corrected chi connectivity index (χ0v) is 14.3. The average molecular weight is 332 g/mol. The van der Waals surface area contributed by atoms with Crippen LogP contribution in [0.25, 0.3) is 11.1 Å². The van der Waals surface area contributed by atoms with E-state index in [1.54, 1.807) is 0 Å². The molecule has 0 saturated carbocycles. The molecule has 2 heteroatoms. The van der Waals surface area contributed by atoms with E-state index in [1.165, 1.54) is 11.1 Å². The second-order valence-electron chi connectivity index (χ2n) is 5.55. The van der Waals surface area contributed by atoms with Crippen LogP contribution in [-0.2, 0) is 0 Å². The maximum absolute atomic E-state index is 6.14. The molecule has 0 aliphatic carbocycles. The molecule has 0 aliphatic heterocycles. The van der Waals surface area contributed by atoms with Crippen LogP contribution in [0.3, 0.4) is 0 Å². The second-order valence-corrected chi connectivity index (χ2v) is 5.99. The van der Waals surface area contributed by atoms with E-state index < -0.39 is 0 Å². The fourth-order valence-electron chi connectivity index (χ4n) is 2.86. The van der Waals surface area contributed by atoms with Gasteiger partial charge in [0, 0.05) is 10.6 Å². The third-order valence-corrected chi connectivity index (χ3v) is 4.28. The summed E-state index contributed by atoms with van der Waals surface area (Å²) < 4.78 is 0. The SMILES string of the molecule is C=Nc1cc(Cl)ccc1/C(=C(\C)c1ccccc1)c1ccccc1. The molecule has 3 rings (SSSR count). The van der Waals surface area contributed by atoms with E-state index in [0.29, 0.717) is 5.02 Å². The molecule has 0 atom stereocenters. The number of hydrogen-bond donors (Lipinski definition) is 0. The van der Waals surface area contributed by atoms with Crippen LogP contribution in [-0.4, -0.2) is 6.72 Å². The molecule has 0 spiro atoms. The van der Waals surface area contributed by atoms with Gasteiger partial charge < -0.3 is 0 Å². The van der Waals surface area contributed by atoms with Crippen molar-refractivity contribution in [3.63, 3.8) is 0 Å². The van der Waals surface area contributed by atoms with Gasteiger partial charge in [-0.2, -0.15) is 0 Å².